The monoisotopic (exact) mass is 920 g/mol. The largest absolute Gasteiger partial charge is 0.548 e. The summed E-state index contributed by atoms with van der Waals surface area (Å²) in [6, 6.07) is 11.0. The Hall–Kier alpha value is -3.95. The normalized spacial score (nSPS) is 19.3. The minimum absolute atomic E-state index is 0.0666. The number of carboxylic acids is 1. The van der Waals surface area contributed by atoms with E-state index in [2.05, 4.69) is 18.6 Å². The van der Waals surface area contributed by atoms with Crippen molar-refractivity contribution in [2.24, 2.45) is 5.73 Å². The van der Waals surface area contributed by atoms with Crippen LogP contribution < -0.4 is 16.6 Å². The number of ether oxygens (including phenoxy) is 1. The van der Waals surface area contributed by atoms with Crippen LogP contribution in [0.25, 0.3) is 11.2 Å². The third-order valence-electron chi connectivity index (χ3n) is 7.34. The number of benzene rings is 2. The highest BCUT2D eigenvalue weighted by Gasteiger charge is 2.46. The number of hydrogen-bond acceptors (Lipinski definition) is 19. The molecule has 29 heteroatoms. The highest BCUT2D eigenvalue weighted by Crippen LogP contribution is 2.32. The maximum atomic E-state index is 10.7. The van der Waals surface area contributed by atoms with Crippen LogP contribution in [0.15, 0.2) is 71.0 Å². The molecule has 0 saturated carbocycles. The predicted octanol–water partition coefficient (Wildman–Crippen LogP) is -2.16. The fraction of sp³-hybridized carbons (Fsp3) is 0.379. The molecule has 0 spiro atoms. The first-order valence-corrected chi connectivity index (χ1v) is 23.3. The number of aryl methyl sites for hydroxylation is 2. The van der Waals surface area contributed by atoms with Gasteiger partial charge in [0, 0.05) is 12.5 Å². The van der Waals surface area contributed by atoms with Crippen LogP contribution in [0.3, 0.4) is 0 Å². The van der Waals surface area contributed by atoms with Crippen molar-refractivity contribution < 1.29 is 80.4 Å². The fourth-order valence-electron chi connectivity index (χ4n) is 4.49. The molecule has 1 aliphatic rings. The third-order valence-corrected chi connectivity index (χ3v) is 12.3. The number of carbonyl (C=O) groups excluding carboxylic acids is 1. The van der Waals surface area contributed by atoms with Crippen LogP contribution in [0.5, 0.6) is 0 Å². The molecule has 0 bridgehead atoms. The summed E-state index contributed by atoms with van der Waals surface area (Å²) in [6.45, 7) is 3.68. The average molecular weight is 921 g/mol. The van der Waals surface area contributed by atoms with Gasteiger partial charge >= 0.3 is 20.8 Å². The number of nitrogens with zero attached hydrogens (tertiary/aromatic N) is 4. The van der Waals surface area contributed by atoms with Crippen molar-refractivity contribution in [2.45, 2.75) is 60.6 Å². The minimum atomic E-state index is -5.12. The van der Waals surface area contributed by atoms with Gasteiger partial charge in [-0.15, -0.1) is 3.63 Å². The molecule has 24 nitrogen and oxygen atoms in total. The van der Waals surface area contributed by atoms with Crippen molar-refractivity contribution in [2.75, 3.05) is 23.5 Å². The maximum absolute atomic E-state index is 10.7. The lowest BCUT2D eigenvalue weighted by Gasteiger charge is -2.16. The number of aliphatic hydroxyl groups excluding tert-OH is 2. The second-order valence-corrected chi connectivity index (χ2v) is 19.4. The molecule has 6 atom stereocenters. The number of nitrogens with two attached hydrogens (primary N) is 2. The van der Waals surface area contributed by atoms with Gasteiger partial charge in [-0.05, 0) is 49.0 Å². The molecule has 324 valence electrons. The van der Waals surface area contributed by atoms with E-state index in [9.17, 15) is 53.8 Å². The Morgan fingerprint density at radius 1 is 0.845 bits per heavy atom. The second kappa shape index (κ2) is 20.8. The topological polar surface area (TPSA) is 412 Å². The number of fused-ring (bicyclic) bond motifs is 1. The molecular weight excluding hydrogens is 881 g/mol. The van der Waals surface area contributed by atoms with E-state index in [4.69, 9.17) is 34.4 Å². The quantitative estimate of drug-likeness (QED) is 0.0586. The van der Waals surface area contributed by atoms with E-state index in [1.807, 2.05) is 20.1 Å². The van der Waals surface area contributed by atoms with Crippen LogP contribution in [-0.4, -0.2) is 130 Å². The first-order valence-electron chi connectivity index (χ1n) is 15.7. The van der Waals surface area contributed by atoms with Gasteiger partial charge in [0.05, 0.1) is 28.3 Å². The lowest BCUT2D eigenvalue weighted by atomic mass is 10.1. The zero-order valence-corrected chi connectivity index (χ0v) is 34.4. The summed E-state index contributed by atoms with van der Waals surface area (Å²) in [5.74, 6) is -0.0611. The van der Waals surface area contributed by atoms with Crippen molar-refractivity contribution >= 4 is 74.9 Å². The smallest absolute Gasteiger partial charge is 0.413 e. The molecule has 4 aromatic rings. The third kappa shape index (κ3) is 16.7. The molecule has 58 heavy (non-hydrogen) atoms. The number of hydrogen-bond donors (Lipinski definition) is 8. The number of carboxylic acid groups (broad SMARTS) is 1. The van der Waals surface area contributed by atoms with Gasteiger partial charge in [0.1, 0.15) is 41.7 Å². The Labute approximate surface area is 335 Å². The maximum Gasteiger partial charge on any atom is 0.413 e. The summed E-state index contributed by atoms with van der Waals surface area (Å²) < 4.78 is 122. The number of rotatable bonds is 11. The van der Waals surface area contributed by atoms with Crippen LogP contribution in [0.2, 0.25) is 0 Å². The van der Waals surface area contributed by atoms with Crippen molar-refractivity contribution in [1.29, 1.82) is 0 Å². The van der Waals surface area contributed by atoms with Crippen LogP contribution in [0.1, 0.15) is 23.8 Å². The Morgan fingerprint density at radius 2 is 1.31 bits per heavy atom. The van der Waals surface area contributed by atoms with E-state index in [-0.39, 0.29) is 32.9 Å². The van der Waals surface area contributed by atoms with Gasteiger partial charge < -0.3 is 36.3 Å². The Kier molecular flexibility index (Phi) is 18.0. The molecular formula is C29H40N6O18S5. The number of carbonyl (C=O) groups is 1. The number of anilines is 1. The molecule has 5 rings (SSSR count). The Morgan fingerprint density at radius 3 is 1.71 bits per heavy atom. The van der Waals surface area contributed by atoms with Crippen molar-refractivity contribution in [3.63, 3.8) is 0 Å². The van der Waals surface area contributed by atoms with Crippen molar-refractivity contribution in [3.05, 3.63) is 72.3 Å². The summed E-state index contributed by atoms with van der Waals surface area (Å²) in [4.78, 5) is 22.7. The minimum Gasteiger partial charge on any atom is -0.548 e. The average Bonchev–Trinajstić information content (AvgIpc) is 3.63. The molecule has 1 saturated heterocycles. The Bertz CT molecular complexity index is 2330. The molecule has 1 aliphatic heterocycles. The Balaban J connectivity index is 0.000000308. The highest BCUT2D eigenvalue weighted by molar-refractivity contribution is 7.96. The first-order chi connectivity index (χ1) is 26.5. The fourth-order valence-corrected chi connectivity index (χ4v) is 7.98. The van der Waals surface area contributed by atoms with Crippen LogP contribution in [-0.2, 0) is 65.1 Å². The standard InChI is InChI=1S/C15H22N6O5S.2C7H8O3S.H2O7S2/c1-27(3-2-7(16)15(24)25)4-8-10(22)11(23)14(26-8)21-6-20-9-12(17)18-5-19-13(9)21;2*1-6-2-4-7(5-3-6)11(8,9)10;1-8(2,3)7-9(4,5)6/h5-8,10-11,14,22-23H,2-4,16H2,1H3,(H2-,17,18,19,24,25);2*2-5H,1H3,(H,8,9,10);(H,1,2,3)(H,4,5,6)/t7?,8-,10-,11-,14-,27?;;;/m1.../s1. The van der Waals surface area contributed by atoms with Gasteiger partial charge in [0.2, 0.25) is 0 Å². The van der Waals surface area contributed by atoms with Gasteiger partial charge in [-0.25, -0.2) is 15.0 Å². The highest BCUT2D eigenvalue weighted by atomic mass is 32.3. The molecule has 0 aliphatic carbocycles. The summed E-state index contributed by atoms with van der Waals surface area (Å²) in [5, 5.41) is 31.5. The number of nitrogen functional groups attached to an aromatic ring is 1. The van der Waals surface area contributed by atoms with Gasteiger partial charge in [-0.3, -0.25) is 22.8 Å². The zero-order chi connectivity index (χ0) is 44.4. The van der Waals surface area contributed by atoms with Gasteiger partial charge in [0.25, 0.3) is 20.2 Å². The van der Waals surface area contributed by atoms with E-state index >= 15 is 0 Å². The van der Waals surface area contributed by atoms with Gasteiger partial charge in [-0.1, -0.05) is 35.4 Å². The van der Waals surface area contributed by atoms with Crippen LogP contribution in [0.4, 0.5) is 5.82 Å². The number of aromatic nitrogens is 4. The SMILES string of the molecule is C[S+](CCC(N)C(=O)[O-])C[C@H]1O[C@@H](n2cnc3c(N)ncnc32)[C@H](O)[C@@H]1O.Cc1ccc(S(=O)(=O)O)cc1.Cc1ccc(S(=O)(=O)O)cc1.O=S(=O)(O)OS(=O)(=O)O. The molecule has 2 aromatic heterocycles. The molecule has 3 heterocycles. The summed E-state index contributed by atoms with van der Waals surface area (Å²) in [7, 11) is -18.5. The van der Waals surface area contributed by atoms with E-state index in [1.54, 1.807) is 24.3 Å². The summed E-state index contributed by atoms with van der Waals surface area (Å²) in [6.07, 6.45) is 1.17. The number of aliphatic hydroxyl groups is 2. The van der Waals surface area contributed by atoms with Gasteiger partial charge in [0.15, 0.2) is 17.7 Å². The lowest BCUT2D eigenvalue weighted by Crippen LogP contribution is -2.43. The molecule has 2 aromatic carbocycles. The first kappa shape index (κ1) is 50.2. The summed E-state index contributed by atoms with van der Waals surface area (Å²) in [5.41, 5.74) is 13.9. The van der Waals surface area contributed by atoms with E-state index in [0.717, 1.165) is 11.1 Å². The van der Waals surface area contributed by atoms with E-state index in [1.165, 1.54) is 41.5 Å². The zero-order valence-electron chi connectivity index (χ0n) is 30.3. The molecule has 0 radical (unpaired) electrons. The lowest BCUT2D eigenvalue weighted by molar-refractivity contribution is -0.307. The summed E-state index contributed by atoms with van der Waals surface area (Å²) >= 11 is 0. The van der Waals surface area contributed by atoms with E-state index in [0.29, 0.717) is 22.7 Å². The van der Waals surface area contributed by atoms with Crippen molar-refractivity contribution in [1.82, 2.24) is 19.5 Å². The molecule has 0 amide bonds. The van der Waals surface area contributed by atoms with Crippen LogP contribution in [0, 0.1) is 13.8 Å². The van der Waals surface area contributed by atoms with E-state index < -0.39 is 77.6 Å². The van der Waals surface area contributed by atoms with Crippen molar-refractivity contribution in [3.8, 4) is 0 Å². The number of aliphatic carboxylic acids is 1. The number of imidazole rings is 1. The molecule has 2 unspecified atom stereocenters. The van der Waals surface area contributed by atoms with Gasteiger partial charge in [-0.2, -0.15) is 33.7 Å². The van der Waals surface area contributed by atoms with Crippen LogP contribution >= 0.6 is 0 Å². The second-order valence-electron chi connectivity index (χ2n) is 12.0. The molecule has 10 N–H and O–H groups in total. The molecule has 1 fully saturated rings. The predicted molar refractivity (Wildman–Crippen MR) is 202 cm³/mol.